The van der Waals surface area contributed by atoms with Crippen LogP contribution >= 0.6 is 0 Å². The van der Waals surface area contributed by atoms with Crippen LogP contribution in [0.25, 0.3) is 0 Å². The molecule has 2 rings (SSSR count). The SMILES string of the molecule is CC(C)(C)C#CC1CCN(CC2CCN(C(C)(C)C)CC2)CC1. The zero-order valence-corrected chi connectivity index (χ0v) is 16.4. The lowest BCUT2D eigenvalue weighted by atomic mass is 9.90. The van der Waals surface area contributed by atoms with Gasteiger partial charge in [-0.05, 0) is 99.3 Å². The second-order valence-corrected chi connectivity index (χ2v) is 9.70. The lowest BCUT2D eigenvalue weighted by Crippen LogP contribution is -2.48. The normalized spacial score (nSPS) is 23.6. The molecule has 0 saturated carbocycles. The Balaban J connectivity index is 1.70. The highest BCUT2D eigenvalue weighted by molar-refractivity contribution is 5.11. The topological polar surface area (TPSA) is 6.48 Å². The molecule has 0 bridgehead atoms. The molecule has 0 N–H and O–H groups in total. The molecule has 2 aliphatic rings. The molecule has 2 saturated heterocycles. The van der Waals surface area contributed by atoms with Crippen LogP contribution in [-0.4, -0.2) is 48.1 Å². The van der Waals surface area contributed by atoms with Crippen LogP contribution in [0.4, 0.5) is 0 Å². The first-order chi connectivity index (χ1) is 10.6. The van der Waals surface area contributed by atoms with E-state index in [2.05, 4.69) is 63.2 Å². The molecule has 2 heteroatoms. The summed E-state index contributed by atoms with van der Waals surface area (Å²) in [5, 5.41) is 0. The number of hydrogen-bond acceptors (Lipinski definition) is 2. The van der Waals surface area contributed by atoms with Crippen molar-refractivity contribution in [3.05, 3.63) is 0 Å². The fourth-order valence-electron chi connectivity index (χ4n) is 3.73. The first kappa shape index (κ1) is 18.8. The first-order valence-electron chi connectivity index (χ1n) is 9.63. The van der Waals surface area contributed by atoms with E-state index >= 15 is 0 Å². The van der Waals surface area contributed by atoms with Crippen LogP contribution < -0.4 is 0 Å². The van der Waals surface area contributed by atoms with Gasteiger partial charge in [0.25, 0.3) is 0 Å². The minimum Gasteiger partial charge on any atom is -0.303 e. The van der Waals surface area contributed by atoms with E-state index in [-0.39, 0.29) is 5.41 Å². The van der Waals surface area contributed by atoms with Crippen molar-refractivity contribution in [1.29, 1.82) is 0 Å². The molecule has 23 heavy (non-hydrogen) atoms. The Morgan fingerprint density at radius 3 is 1.87 bits per heavy atom. The molecular formula is C21H38N2. The summed E-state index contributed by atoms with van der Waals surface area (Å²) in [6.45, 7) is 20.0. The second kappa shape index (κ2) is 7.58. The van der Waals surface area contributed by atoms with Crippen LogP contribution in [0.3, 0.4) is 0 Å². The van der Waals surface area contributed by atoms with Crippen LogP contribution in [0.1, 0.15) is 67.2 Å². The summed E-state index contributed by atoms with van der Waals surface area (Å²) in [7, 11) is 0. The molecule has 0 aromatic rings. The van der Waals surface area contributed by atoms with Gasteiger partial charge in [-0.15, -0.1) is 0 Å². The van der Waals surface area contributed by atoms with Crippen LogP contribution in [0.15, 0.2) is 0 Å². The molecule has 0 atom stereocenters. The van der Waals surface area contributed by atoms with E-state index in [9.17, 15) is 0 Å². The Morgan fingerprint density at radius 2 is 1.39 bits per heavy atom. The third kappa shape index (κ3) is 6.48. The van der Waals surface area contributed by atoms with Crippen LogP contribution in [0.2, 0.25) is 0 Å². The molecular weight excluding hydrogens is 280 g/mol. The molecule has 2 aliphatic heterocycles. The van der Waals surface area contributed by atoms with Crippen LogP contribution in [-0.2, 0) is 0 Å². The van der Waals surface area contributed by atoms with Crippen molar-refractivity contribution in [2.45, 2.75) is 72.8 Å². The summed E-state index contributed by atoms with van der Waals surface area (Å²) < 4.78 is 0. The summed E-state index contributed by atoms with van der Waals surface area (Å²) in [6, 6.07) is 0. The molecule has 0 amide bonds. The molecule has 0 aromatic carbocycles. The minimum absolute atomic E-state index is 0.151. The number of nitrogens with zero attached hydrogens (tertiary/aromatic N) is 2. The van der Waals surface area contributed by atoms with Gasteiger partial charge in [0, 0.05) is 23.4 Å². The van der Waals surface area contributed by atoms with Gasteiger partial charge in [-0.2, -0.15) is 0 Å². The van der Waals surface area contributed by atoms with Gasteiger partial charge in [-0.3, -0.25) is 4.90 Å². The maximum Gasteiger partial charge on any atom is 0.0230 e. The zero-order chi connectivity index (χ0) is 17.1. The van der Waals surface area contributed by atoms with Crippen molar-refractivity contribution in [1.82, 2.24) is 9.80 Å². The largest absolute Gasteiger partial charge is 0.303 e. The summed E-state index contributed by atoms with van der Waals surface area (Å²) in [6.07, 6.45) is 5.29. The molecule has 0 unspecified atom stereocenters. The van der Waals surface area contributed by atoms with Gasteiger partial charge >= 0.3 is 0 Å². The van der Waals surface area contributed by atoms with Crippen molar-refractivity contribution in [2.24, 2.45) is 17.3 Å². The molecule has 132 valence electrons. The summed E-state index contributed by atoms with van der Waals surface area (Å²) in [5.74, 6) is 8.50. The zero-order valence-electron chi connectivity index (χ0n) is 16.4. The van der Waals surface area contributed by atoms with Crippen molar-refractivity contribution in [3.8, 4) is 11.8 Å². The molecule has 2 fully saturated rings. The first-order valence-corrected chi connectivity index (χ1v) is 9.63. The van der Waals surface area contributed by atoms with E-state index in [1.807, 2.05) is 0 Å². The van der Waals surface area contributed by atoms with E-state index in [1.54, 1.807) is 0 Å². The number of likely N-dealkylation sites (tertiary alicyclic amines) is 2. The summed E-state index contributed by atoms with van der Waals surface area (Å²) >= 11 is 0. The predicted molar refractivity (Wildman–Crippen MR) is 100 cm³/mol. The van der Waals surface area contributed by atoms with Crippen LogP contribution in [0.5, 0.6) is 0 Å². The van der Waals surface area contributed by atoms with Crippen molar-refractivity contribution >= 4 is 0 Å². The monoisotopic (exact) mass is 318 g/mol. The molecule has 0 spiro atoms. The fourth-order valence-corrected chi connectivity index (χ4v) is 3.73. The fraction of sp³-hybridized carbons (Fsp3) is 0.905. The van der Waals surface area contributed by atoms with E-state index in [0.29, 0.717) is 11.5 Å². The maximum absolute atomic E-state index is 3.52. The Kier molecular flexibility index (Phi) is 6.20. The van der Waals surface area contributed by atoms with E-state index in [1.165, 1.54) is 58.4 Å². The average Bonchev–Trinajstić information content (AvgIpc) is 2.45. The highest BCUT2D eigenvalue weighted by atomic mass is 15.2. The Hall–Kier alpha value is -0.520. The third-order valence-electron chi connectivity index (χ3n) is 5.32. The predicted octanol–water partition coefficient (Wildman–Crippen LogP) is 4.26. The third-order valence-corrected chi connectivity index (χ3v) is 5.32. The Morgan fingerprint density at radius 1 is 0.826 bits per heavy atom. The Bertz CT molecular complexity index is 413. The van der Waals surface area contributed by atoms with Gasteiger partial charge in [0.1, 0.15) is 0 Å². The highest BCUT2D eigenvalue weighted by Gasteiger charge is 2.28. The standard InChI is InChI=1S/C21H38N2/c1-20(2,3)12-7-18-8-13-22(14-9-18)17-19-10-15-23(16-11-19)21(4,5)6/h18-19H,8-11,13-17H2,1-6H3. The van der Waals surface area contributed by atoms with Gasteiger partial charge in [0.05, 0.1) is 0 Å². The Labute approximate surface area is 145 Å². The molecule has 0 radical (unpaired) electrons. The molecule has 0 aliphatic carbocycles. The van der Waals surface area contributed by atoms with Gasteiger partial charge in [-0.25, -0.2) is 0 Å². The van der Waals surface area contributed by atoms with Gasteiger partial charge < -0.3 is 4.90 Å². The van der Waals surface area contributed by atoms with E-state index < -0.39 is 0 Å². The molecule has 2 heterocycles. The number of hydrogen-bond donors (Lipinski definition) is 0. The maximum atomic E-state index is 3.52. The van der Waals surface area contributed by atoms with E-state index in [4.69, 9.17) is 0 Å². The molecule has 2 nitrogen and oxygen atoms in total. The number of piperidine rings is 2. The summed E-state index contributed by atoms with van der Waals surface area (Å²) in [4.78, 5) is 5.35. The van der Waals surface area contributed by atoms with Crippen molar-refractivity contribution in [2.75, 3.05) is 32.7 Å². The highest BCUT2D eigenvalue weighted by Crippen LogP contribution is 2.26. The van der Waals surface area contributed by atoms with Gasteiger partial charge in [0.15, 0.2) is 0 Å². The van der Waals surface area contributed by atoms with E-state index in [0.717, 1.165) is 5.92 Å². The molecule has 0 aromatic heterocycles. The lowest BCUT2D eigenvalue weighted by Gasteiger charge is -2.42. The van der Waals surface area contributed by atoms with Gasteiger partial charge in [-0.1, -0.05) is 11.8 Å². The quantitative estimate of drug-likeness (QED) is 0.702. The van der Waals surface area contributed by atoms with Crippen LogP contribution in [0, 0.1) is 29.1 Å². The number of rotatable bonds is 2. The minimum atomic E-state index is 0.151. The smallest absolute Gasteiger partial charge is 0.0230 e. The average molecular weight is 319 g/mol. The van der Waals surface area contributed by atoms with Crippen molar-refractivity contribution in [3.63, 3.8) is 0 Å². The summed E-state index contributed by atoms with van der Waals surface area (Å²) in [5.41, 5.74) is 0.493. The van der Waals surface area contributed by atoms with Crippen molar-refractivity contribution < 1.29 is 0 Å². The van der Waals surface area contributed by atoms with Gasteiger partial charge in [0.2, 0.25) is 0 Å². The lowest BCUT2D eigenvalue weighted by molar-refractivity contribution is 0.0696. The second-order valence-electron chi connectivity index (χ2n) is 9.70.